The van der Waals surface area contributed by atoms with Crippen molar-refractivity contribution in [2.24, 2.45) is 0 Å². The standard InChI is InChI=1S/C17H20N2O3S/c1-19(22-2)17(21)13-6-3-7-14(12-13)18-16(20)10-4-8-15-9-5-11-23-15/h3,5-7,9,11-12H,4,8,10H2,1-2H3,(H,18,20). The molecule has 2 aromatic rings. The molecule has 0 aliphatic heterocycles. The fourth-order valence-electron chi connectivity index (χ4n) is 2.10. The molecule has 0 bridgehead atoms. The summed E-state index contributed by atoms with van der Waals surface area (Å²) < 4.78 is 0. The summed E-state index contributed by atoms with van der Waals surface area (Å²) in [5.41, 5.74) is 1.08. The van der Waals surface area contributed by atoms with E-state index >= 15 is 0 Å². The monoisotopic (exact) mass is 332 g/mol. The highest BCUT2D eigenvalue weighted by Gasteiger charge is 2.12. The molecular weight excluding hydrogens is 312 g/mol. The smallest absolute Gasteiger partial charge is 0.277 e. The molecule has 2 amide bonds. The molecule has 0 saturated carbocycles. The van der Waals surface area contributed by atoms with Crippen molar-refractivity contribution in [1.29, 1.82) is 0 Å². The summed E-state index contributed by atoms with van der Waals surface area (Å²) in [5.74, 6) is -0.312. The van der Waals surface area contributed by atoms with Crippen LogP contribution in [0.2, 0.25) is 0 Å². The molecule has 0 aliphatic carbocycles. The van der Waals surface area contributed by atoms with Crippen LogP contribution in [-0.2, 0) is 16.1 Å². The van der Waals surface area contributed by atoms with E-state index in [0.29, 0.717) is 17.7 Å². The van der Waals surface area contributed by atoms with Crippen LogP contribution in [0.3, 0.4) is 0 Å². The molecule has 1 N–H and O–H groups in total. The molecule has 0 radical (unpaired) electrons. The second-order valence-corrected chi connectivity index (χ2v) is 6.08. The lowest BCUT2D eigenvalue weighted by Gasteiger charge is -2.14. The fraction of sp³-hybridized carbons (Fsp3) is 0.294. The SMILES string of the molecule is CON(C)C(=O)c1cccc(NC(=O)CCCc2cccs2)c1. The Morgan fingerprint density at radius 1 is 1.26 bits per heavy atom. The van der Waals surface area contributed by atoms with Crippen molar-refractivity contribution in [3.63, 3.8) is 0 Å². The number of hydrogen-bond donors (Lipinski definition) is 1. The molecular formula is C17H20N2O3S. The third kappa shape index (κ3) is 5.19. The maximum absolute atomic E-state index is 12.0. The Labute approximate surface area is 139 Å². The molecule has 23 heavy (non-hydrogen) atoms. The van der Waals surface area contributed by atoms with E-state index in [1.165, 1.54) is 19.0 Å². The number of thiophene rings is 1. The van der Waals surface area contributed by atoms with Crippen LogP contribution in [0, 0.1) is 0 Å². The van der Waals surface area contributed by atoms with Gasteiger partial charge in [0, 0.05) is 29.6 Å². The summed E-state index contributed by atoms with van der Waals surface area (Å²) in [6.07, 6.45) is 2.16. The van der Waals surface area contributed by atoms with Crippen LogP contribution in [0.5, 0.6) is 0 Å². The lowest BCUT2D eigenvalue weighted by molar-refractivity contribution is -0.116. The second kappa shape index (κ2) is 8.45. The molecule has 0 fully saturated rings. The Morgan fingerprint density at radius 3 is 2.78 bits per heavy atom. The Balaban J connectivity index is 1.87. The molecule has 122 valence electrons. The number of benzene rings is 1. The minimum Gasteiger partial charge on any atom is -0.326 e. The zero-order valence-corrected chi connectivity index (χ0v) is 14.1. The highest BCUT2D eigenvalue weighted by Crippen LogP contribution is 2.15. The summed E-state index contributed by atoms with van der Waals surface area (Å²) in [7, 11) is 2.97. The number of amides is 2. The van der Waals surface area contributed by atoms with Crippen molar-refractivity contribution in [3.8, 4) is 0 Å². The molecule has 0 aliphatic rings. The maximum Gasteiger partial charge on any atom is 0.277 e. The third-order valence-electron chi connectivity index (χ3n) is 3.36. The van der Waals surface area contributed by atoms with Crippen molar-refractivity contribution in [2.75, 3.05) is 19.5 Å². The van der Waals surface area contributed by atoms with Gasteiger partial charge in [0.2, 0.25) is 5.91 Å². The van der Waals surface area contributed by atoms with Crippen molar-refractivity contribution in [2.45, 2.75) is 19.3 Å². The summed E-state index contributed by atoms with van der Waals surface area (Å²) in [6.45, 7) is 0. The van der Waals surface area contributed by atoms with Crippen LogP contribution in [0.15, 0.2) is 41.8 Å². The zero-order chi connectivity index (χ0) is 16.7. The van der Waals surface area contributed by atoms with E-state index in [1.54, 1.807) is 35.6 Å². The number of anilines is 1. The average molecular weight is 332 g/mol. The van der Waals surface area contributed by atoms with E-state index in [2.05, 4.69) is 11.4 Å². The van der Waals surface area contributed by atoms with Gasteiger partial charge in [-0.25, -0.2) is 5.06 Å². The molecule has 0 unspecified atom stereocenters. The number of nitrogens with one attached hydrogen (secondary N) is 1. The van der Waals surface area contributed by atoms with Crippen molar-refractivity contribution >= 4 is 28.8 Å². The van der Waals surface area contributed by atoms with Gasteiger partial charge < -0.3 is 5.32 Å². The lowest BCUT2D eigenvalue weighted by atomic mass is 10.1. The molecule has 0 saturated heterocycles. The molecule has 2 rings (SSSR count). The van der Waals surface area contributed by atoms with Gasteiger partial charge in [-0.3, -0.25) is 14.4 Å². The van der Waals surface area contributed by atoms with Crippen molar-refractivity contribution in [3.05, 3.63) is 52.2 Å². The van der Waals surface area contributed by atoms with E-state index in [1.807, 2.05) is 11.4 Å². The second-order valence-electron chi connectivity index (χ2n) is 5.05. The minimum absolute atomic E-state index is 0.0498. The summed E-state index contributed by atoms with van der Waals surface area (Å²) in [5, 5.41) is 6.00. The van der Waals surface area contributed by atoms with Gasteiger partial charge in [0.25, 0.3) is 5.91 Å². The van der Waals surface area contributed by atoms with Crippen molar-refractivity contribution < 1.29 is 14.4 Å². The number of nitrogens with zero attached hydrogens (tertiary/aromatic N) is 1. The summed E-state index contributed by atoms with van der Waals surface area (Å²) >= 11 is 1.70. The Bertz CT molecular complexity index is 656. The molecule has 0 spiro atoms. The molecule has 0 atom stereocenters. The van der Waals surface area contributed by atoms with E-state index in [9.17, 15) is 9.59 Å². The molecule has 5 nitrogen and oxygen atoms in total. The van der Waals surface area contributed by atoms with Crippen LogP contribution in [0.25, 0.3) is 0 Å². The first-order chi connectivity index (χ1) is 11.1. The highest BCUT2D eigenvalue weighted by atomic mass is 32.1. The zero-order valence-electron chi connectivity index (χ0n) is 13.2. The first-order valence-corrected chi connectivity index (χ1v) is 8.22. The van der Waals surface area contributed by atoms with Gasteiger partial charge >= 0.3 is 0 Å². The minimum atomic E-state index is -0.263. The molecule has 1 heterocycles. The third-order valence-corrected chi connectivity index (χ3v) is 4.30. The summed E-state index contributed by atoms with van der Waals surface area (Å²) in [6, 6.07) is 10.9. The quantitative estimate of drug-likeness (QED) is 0.791. The van der Waals surface area contributed by atoms with Gasteiger partial charge in [-0.15, -0.1) is 11.3 Å². The molecule has 1 aromatic carbocycles. The number of hydrogen-bond acceptors (Lipinski definition) is 4. The van der Waals surface area contributed by atoms with Crippen molar-refractivity contribution in [1.82, 2.24) is 5.06 Å². The number of rotatable bonds is 7. The number of carbonyl (C=O) groups excluding carboxylic acids is 2. The predicted molar refractivity (Wildman–Crippen MR) is 91.4 cm³/mol. The van der Waals surface area contributed by atoms with Crippen LogP contribution < -0.4 is 5.32 Å². The first-order valence-electron chi connectivity index (χ1n) is 7.34. The van der Waals surface area contributed by atoms with Crippen LogP contribution in [0.1, 0.15) is 28.1 Å². The number of hydroxylamine groups is 2. The van der Waals surface area contributed by atoms with Gasteiger partial charge in [0.15, 0.2) is 0 Å². The van der Waals surface area contributed by atoms with Gasteiger partial charge in [-0.05, 0) is 42.5 Å². The fourth-order valence-corrected chi connectivity index (χ4v) is 2.85. The van der Waals surface area contributed by atoms with E-state index in [4.69, 9.17) is 4.84 Å². The van der Waals surface area contributed by atoms with Gasteiger partial charge in [0.05, 0.1) is 7.11 Å². The number of carbonyl (C=O) groups is 2. The molecule has 1 aromatic heterocycles. The van der Waals surface area contributed by atoms with E-state index in [0.717, 1.165) is 17.9 Å². The van der Waals surface area contributed by atoms with Crippen LogP contribution >= 0.6 is 11.3 Å². The highest BCUT2D eigenvalue weighted by molar-refractivity contribution is 7.09. The molecule has 6 heteroatoms. The maximum atomic E-state index is 12.0. The average Bonchev–Trinajstić information content (AvgIpc) is 3.07. The topological polar surface area (TPSA) is 58.6 Å². The number of aryl methyl sites for hydroxylation is 1. The van der Waals surface area contributed by atoms with Gasteiger partial charge in [-0.2, -0.15) is 0 Å². The summed E-state index contributed by atoms with van der Waals surface area (Å²) in [4.78, 5) is 30.1. The largest absolute Gasteiger partial charge is 0.326 e. The van der Waals surface area contributed by atoms with Crippen LogP contribution in [0.4, 0.5) is 5.69 Å². The van der Waals surface area contributed by atoms with Crippen LogP contribution in [-0.4, -0.2) is 31.0 Å². The van der Waals surface area contributed by atoms with Gasteiger partial charge in [-0.1, -0.05) is 12.1 Å². The van der Waals surface area contributed by atoms with E-state index < -0.39 is 0 Å². The predicted octanol–water partition coefficient (Wildman–Crippen LogP) is 3.34. The Hall–Kier alpha value is -2.18. The first kappa shape index (κ1) is 17.2. The van der Waals surface area contributed by atoms with E-state index in [-0.39, 0.29) is 11.8 Å². The normalized spacial score (nSPS) is 10.3. The Morgan fingerprint density at radius 2 is 2.09 bits per heavy atom. The Kier molecular flexibility index (Phi) is 6.31. The van der Waals surface area contributed by atoms with Gasteiger partial charge in [0.1, 0.15) is 0 Å². The lowest BCUT2D eigenvalue weighted by Crippen LogP contribution is -2.25.